The molecule has 0 unspecified atom stereocenters. The van der Waals surface area contributed by atoms with Gasteiger partial charge in [-0.3, -0.25) is 24.2 Å². The molecule has 0 radical (unpaired) electrons. The van der Waals surface area contributed by atoms with Crippen molar-refractivity contribution in [1.29, 1.82) is 0 Å². The van der Waals surface area contributed by atoms with E-state index in [1.165, 1.54) is 11.0 Å². The van der Waals surface area contributed by atoms with Gasteiger partial charge in [-0.25, -0.2) is 0 Å². The Kier molecular flexibility index (Phi) is 7.96. The lowest BCUT2D eigenvalue weighted by atomic mass is 9.58. The van der Waals surface area contributed by atoms with Crippen molar-refractivity contribution in [2.45, 2.75) is 31.0 Å². The Bertz CT molecular complexity index is 1710. The lowest BCUT2D eigenvalue weighted by molar-refractivity contribution is -0.148. The monoisotopic (exact) mass is 632 g/mol. The number of nitrogens with zero attached hydrogens (tertiary/aromatic N) is 3. The third kappa shape index (κ3) is 4.79. The molecule has 12 heteroatoms. The molecule has 1 amide bonds. The number of aliphatic hydroxyl groups is 3. The second kappa shape index (κ2) is 11.5. The molecule has 244 valence electrons. The van der Waals surface area contributed by atoms with Gasteiger partial charge in [-0.15, -0.1) is 0 Å². The maximum atomic E-state index is 14.1. The topological polar surface area (TPSA) is 177 Å². The molecule has 1 aliphatic heterocycles. The fourth-order valence-electron chi connectivity index (χ4n) is 7.84. The van der Waals surface area contributed by atoms with Gasteiger partial charge in [0.05, 0.1) is 18.7 Å². The van der Waals surface area contributed by atoms with E-state index in [1.807, 2.05) is 18.2 Å². The number of amides is 1. The number of piperazine rings is 1. The number of primary amides is 1. The molecular weight excluding hydrogens is 592 g/mol. The van der Waals surface area contributed by atoms with Crippen LogP contribution in [0.15, 0.2) is 53.0 Å². The Hall–Kier alpha value is -4.23. The van der Waals surface area contributed by atoms with Gasteiger partial charge in [0, 0.05) is 49.8 Å². The molecule has 1 saturated heterocycles. The fraction of sp³-hybridized carbons (Fsp3) is 0.441. The molecule has 1 fully saturated rings. The van der Waals surface area contributed by atoms with E-state index in [-0.39, 0.29) is 29.7 Å². The summed E-state index contributed by atoms with van der Waals surface area (Å²) >= 11 is 0. The molecular formula is C34H40N4O8. The van der Waals surface area contributed by atoms with E-state index in [2.05, 4.69) is 16.8 Å². The summed E-state index contributed by atoms with van der Waals surface area (Å²) in [6.45, 7) is 4.45. The molecule has 2 aromatic rings. The summed E-state index contributed by atoms with van der Waals surface area (Å²) in [5.74, 6) is -5.99. The quantitative estimate of drug-likeness (QED) is 0.292. The van der Waals surface area contributed by atoms with Gasteiger partial charge in [0.1, 0.15) is 28.6 Å². The molecule has 46 heavy (non-hydrogen) atoms. The van der Waals surface area contributed by atoms with E-state index >= 15 is 0 Å². The number of ketones is 2. The maximum Gasteiger partial charge on any atom is 0.255 e. The Balaban J connectivity index is 1.45. The van der Waals surface area contributed by atoms with Crippen LogP contribution in [0.3, 0.4) is 0 Å². The molecule has 4 atom stereocenters. The summed E-state index contributed by atoms with van der Waals surface area (Å²) in [7, 11) is 6.94. The Morgan fingerprint density at radius 3 is 2.41 bits per heavy atom. The lowest BCUT2D eigenvalue weighted by Crippen LogP contribution is -2.63. The third-order valence-electron chi connectivity index (χ3n) is 10.2. The molecule has 1 heterocycles. The van der Waals surface area contributed by atoms with Crippen LogP contribution in [-0.4, -0.2) is 119 Å². The minimum atomic E-state index is -2.67. The van der Waals surface area contributed by atoms with Crippen LogP contribution in [0, 0.1) is 11.8 Å². The number of likely N-dealkylation sites (N-methyl/N-ethyl adjacent to an activating group) is 2. The number of allylic oxidation sites excluding steroid dienone is 1. The number of carbonyl (C=O) groups is 3. The van der Waals surface area contributed by atoms with Crippen LogP contribution < -0.4 is 10.5 Å². The highest BCUT2D eigenvalue weighted by atomic mass is 16.5. The smallest absolute Gasteiger partial charge is 0.255 e. The van der Waals surface area contributed by atoms with E-state index in [0.717, 1.165) is 48.6 Å². The highest BCUT2D eigenvalue weighted by Crippen LogP contribution is 2.53. The van der Waals surface area contributed by atoms with Gasteiger partial charge < -0.3 is 35.8 Å². The standard InChI is InChI=1S/C34H40N4O8/c1-36(2)28-22-15-18-14-21-20(17-5-8-24(46-4)19(13-17)16-38-11-9-37(3)10-12-38)6-7-23(39)26(21)29(40)25(18)31(42)34(22,45)32(43)27(30(28)41)33(35)44/h5-8,13,18,22,28,39,41-42,45H,9-12,14-16H2,1-4H3,(H2,35,44)/t18-,22-,28-,34+/m0/s1. The molecule has 2 aromatic carbocycles. The first kappa shape index (κ1) is 31.7. The number of ether oxygens (including phenoxy) is 1. The van der Waals surface area contributed by atoms with E-state index in [4.69, 9.17) is 10.5 Å². The Morgan fingerprint density at radius 2 is 1.78 bits per heavy atom. The van der Waals surface area contributed by atoms with E-state index in [1.54, 1.807) is 27.3 Å². The molecule has 0 saturated carbocycles. The first-order valence-electron chi connectivity index (χ1n) is 15.4. The predicted molar refractivity (Wildman–Crippen MR) is 168 cm³/mol. The number of methoxy groups -OCH3 is 1. The molecule has 0 bridgehead atoms. The first-order chi connectivity index (χ1) is 21.8. The molecule has 3 aliphatic carbocycles. The van der Waals surface area contributed by atoms with Crippen molar-refractivity contribution >= 4 is 17.5 Å². The molecule has 0 spiro atoms. The van der Waals surface area contributed by atoms with Crippen molar-refractivity contribution in [3.05, 3.63) is 69.7 Å². The average molecular weight is 633 g/mol. The van der Waals surface area contributed by atoms with Crippen molar-refractivity contribution in [2.75, 3.05) is 54.4 Å². The normalized spacial score (nSPS) is 27.0. The minimum Gasteiger partial charge on any atom is -0.510 e. The number of nitrogens with two attached hydrogens (primary N) is 1. The average Bonchev–Trinajstić information content (AvgIpc) is 3.00. The van der Waals surface area contributed by atoms with Crippen molar-refractivity contribution in [2.24, 2.45) is 17.6 Å². The Labute approximate surface area is 267 Å². The summed E-state index contributed by atoms with van der Waals surface area (Å²) < 4.78 is 5.69. The van der Waals surface area contributed by atoms with Gasteiger partial charge in [0.15, 0.2) is 11.4 Å². The molecule has 0 aromatic heterocycles. The molecule has 12 nitrogen and oxygen atoms in total. The number of phenolic OH excluding ortho intramolecular Hbond substituents is 1. The van der Waals surface area contributed by atoms with Gasteiger partial charge >= 0.3 is 0 Å². The van der Waals surface area contributed by atoms with E-state index in [0.29, 0.717) is 12.1 Å². The summed E-state index contributed by atoms with van der Waals surface area (Å²) in [6, 6.07) is 7.97. The third-order valence-corrected chi connectivity index (χ3v) is 10.2. The van der Waals surface area contributed by atoms with Gasteiger partial charge in [0.25, 0.3) is 5.91 Å². The number of aliphatic hydroxyl groups excluding tert-OH is 2. The second-order valence-electron chi connectivity index (χ2n) is 13.1. The summed E-state index contributed by atoms with van der Waals surface area (Å²) in [4.78, 5) is 46.1. The van der Waals surface area contributed by atoms with Gasteiger partial charge in [-0.2, -0.15) is 0 Å². The number of Topliss-reactive ketones (excluding diaryl/α,β-unsaturated/α-hetero) is 2. The number of benzene rings is 2. The zero-order chi connectivity index (χ0) is 33.2. The number of rotatable bonds is 6. The highest BCUT2D eigenvalue weighted by molar-refractivity contribution is 6.24. The SMILES string of the molecule is COc1ccc(-c2ccc(O)c3c2C[C@H]2C[C@H]4[C@H](N(C)C)C(O)=C(C(N)=O)C(=O)[C@]4(O)C(O)=C2C3=O)cc1CN1CCN(C)CC1. The van der Waals surface area contributed by atoms with Crippen molar-refractivity contribution in [3.8, 4) is 22.6 Å². The van der Waals surface area contributed by atoms with Crippen LogP contribution in [0.2, 0.25) is 0 Å². The van der Waals surface area contributed by atoms with Gasteiger partial charge in [-0.1, -0.05) is 12.1 Å². The maximum absolute atomic E-state index is 14.1. The van der Waals surface area contributed by atoms with Crippen LogP contribution in [0.5, 0.6) is 11.5 Å². The minimum absolute atomic E-state index is 0.0188. The summed E-state index contributed by atoms with van der Waals surface area (Å²) in [6.07, 6.45) is 0.232. The Morgan fingerprint density at radius 1 is 1.09 bits per heavy atom. The molecule has 6 rings (SSSR count). The first-order valence-corrected chi connectivity index (χ1v) is 15.4. The van der Waals surface area contributed by atoms with E-state index in [9.17, 15) is 34.8 Å². The van der Waals surface area contributed by atoms with Crippen LogP contribution in [-0.2, 0) is 22.6 Å². The highest BCUT2D eigenvalue weighted by Gasteiger charge is 2.63. The molecule has 4 aliphatic rings. The summed E-state index contributed by atoms with van der Waals surface area (Å²) in [5, 5.41) is 45.4. The number of aromatic hydroxyl groups is 1. The van der Waals surface area contributed by atoms with Crippen LogP contribution in [0.4, 0.5) is 0 Å². The van der Waals surface area contributed by atoms with Crippen molar-refractivity contribution < 1.29 is 39.5 Å². The largest absolute Gasteiger partial charge is 0.510 e. The van der Waals surface area contributed by atoms with Crippen LogP contribution >= 0.6 is 0 Å². The summed E-state index contributed by atoms with van der Waals surface area (Å²) in [5.41, 5.74) is 4.83. The zero-order valence-corrected chi connectivity index (χ0v) is 26.4. The van der Waals surface area contributed by atoms with Crippen molar-refractivity contribution in [1.82, 2.24) is 14.7 Å². The fourth-order valence-corrected chi connectivity index (χ4v) is 7.84. The van der Waals surface area contributed by atoms with Gasteiger partial charge in [-0.05, 0) is 74.8 Å². The van der Waals surface area contributed by atoms with Crippen LogP contribution in [0.1, 0.15) is 27.9 Å². The number of hydrogen-bond donors (Lipinski definition) is 5. The number of phenols is 1. The zero-order valence-electron chi connectivity index (χ0n) is 26.4. The van der Waals surface area contributed by atoms with Gasteiger partial charge in [0.2, 0.25) is 5.78 Å². The predicted octanol–water partition coefficient (Wildman–Crippen LogP) is 1.54. The number of hydrogen-bond acceptors (Lipinski definition) is 11. The lowest BCUT2D eigenvalue weighted by Gasteiger charge is -2.50. The van der Waals surface area contributed by atoms with Crippen molar-refractivity contribution in [3.63, 3.8) is 0 Å². The van der Waals surface area contributed by atoms with E-state index < -0.39 is 58.0 Å². The number of carbonyl (C=O) groups excluding carboxylic acids is 3. The molecule has 6 N–H and O–H groups in total. The van der Waals surface area contributed by atoms with Crippen LogP contribution in [0.25, 0.3) is 11.1 Å². The second-order valence-corrected chi connectivity index (χ2v) is 13.1. The number of fused-ring (bicyclic) bond motifs is 3.